The van der Waals surface area contributed by atoms with Gasteiger partial charge in [-0.2, -0.15) is 0 Å². The number of thiophene rings is 1. The maximum atomic E-state index is 4.24. The molecule has 0 saturated heterocycles. The van der Waals surface area contributed by atoms with E-state index >= 15 is 0 Å². The number of nitrogens with zero attached hydrogens (tertiary/aromatic N) is 1. The summed E-state index contributed by atoms with van der Waals surface area (Å²) in [5.74, 6) is 0. The van der Waals surface area contributed by atoms with Crippen molar-refractivity contribution in [1.29, 1.82) is 0 Å². The molecule has 0 aliphatic heterocycles. The van der Waals surface area contributed by atoms with Gasteiger partial charge >= 0.3 is 0 Å². The van der Waals surface area contributed by atoms with Gasteiger partial charge in [-0.3, -0.25) is 4.98 Å². The second-order valence-electron chi connectivity index (χ2n) is 4.23. The van der Waals surface area contributed by atoms with Crippen LogP contribution < -0.4 is 5.32 Å². The van der Waals surface area contributed by atoms with Gasteiger partial charge in [-0.1, -0.05) is 6.92 Å². The van der Waals surface area contributed by atoms with Crippen molar-refractivity contribution in [3.63, 3.8) is 0 Å². The van der Waals surface area contributed by atoms with E-state index in [2.05, 4.69) is 49.3 Å². The Morgan fingerprint density at radius 2 is 2.18 bits per heavy atom. The van der Waals surface area contributed by atoms with Gasteiger partial charge in [-0.25, -0.2) is 0 Å². The Bertz CT molecular complexity index is 490. The number of pyridine rings is 1. The lowest BCUT2D eigenvalue weighted by Crippen LogP contribution is -2.16. The summed E-state index contributed by atoms with van der Waals surface area (Å²) in [5.41, 5.74) is 2.42. The molecule has 2 aromatic heterocycles. The van der Waals surface area contributed by atoms with Crippen LogP contribution in [0, 0.1) is 6.92 Å². The molecule has 0 aromatic carbocycles. The second-order valence-corrected chi connectivity index (χ2v) is 5.35. The lowest BCUT2D eigenvalue weighted by molar-refractivity contribution is 0.607. The molecular weight excluding hydrogens is 228 g/mol. The molecule has 0 amide bonds. The first-order valence-electron chi connectivity index (χ1n) is 5.96. The molecule has 2 heterocycles. The van der Waals surface area contributed by atoms with Crippen LogP contribution in [0.15, 0.2) is 30.6 Å². The number of hydrogen-bond acceptors (Lipinski definition) is 3. The third-order valence-electron chi connectivity index (χ3n) is 2.72. The molecule has 0 fully saturated rings. The molecule has 0 saturated carbocycles. The molecule has 1 unspecified atom stereocenters. The van der Waals surface area contributed by atoms with Crippen LogP contribution in [0.3, 0.4) is 0 Å². The summed E-state index contributed by atoms with van der Waals surface area (Å²) >= 11 is 1.84. The zero-order valence-electron chi connectivity index (χ0n) is 10.5. The summed E-state index contributed by atoms with van der Waals surface area (Å²) in [6, 6.07) is 7.00. The van der Waals surface area contributed by atoms with E-state index in [1.807, 2.05) is 23.7 Å². The van der Waals surface area contributed by atoms with Crippen molar-refractivity contribution in [3.8, 4) is 10.4 Å². The predicted molar refractivity (Wildman–Crippen MR) is 74.4 cm³/mol. The molecule has 0 aliphatic rings. The van der Waals surface area contributed by atoms with Gasteiger partial charge < -0.3 is 5.32 Å². The maximum absolute atomic E-state index is 4.24. The van der Waals surface area contributed by atoms with E-state index in [4.69, 9.17) is 0 Å². The molecule has 0 bridgehead atoms. The van der Waals surface area contributed by atoms with Crippen molar-refractivity contribution in [1.82, 2.24) is 10.3 Å². The monoisotopic (exact) mass is 246 g/mol. The van der Waals surface area contributed by atoms with E-state index in [0.717, 1.165) is 6.54 Å². The lowest BCUT2D eigenvalue weighted by atomic mass is 10.2. The number of aryl methyl sites for hydroxylation is 1. The highest BCUT2D eigenvalue weighted by molar-refractivity contribution is 7.15. The maximum Gasteiger partial charge on any atom is 0.0386 e. The zero-order valence-corrected chi connectivity index (χ0v) is 11.3. The minimum atomic E-state index is 0.427. The first kappa shape index (κ1) is 12.3. The predicted octanol–water partition coefficient (Wildman–Crippen LogP) is 3.79. The fourth-order valence-corrected chi connectivity index (χ4v) is 2.85. The first-order chi connectivity index (χ1) is 8.20. The average molecular weight is 246 g/mol. The van der Waals surface area contributed by atoms with E-state index in [1.165, 1.54) is 20.9 Å². The minimum absolute atomic E-state index is 0.427. The van der Waals surface area contributed by atoms with E-state index in [9.17, 15) is 0 Å². The second kappa shape index (κ2) is 5.43. The van der Waals surface area contributed by atoms with E-state index in [0.29, 0.717) is 6.04 Å². The van der Waals surface area contributed by atoms with Crippen LogP contribution in [0.1, 0.15) is 30.3 Å². The SMILES string of the molecule is CCNC(C)c1ccc(-c2cncc(C)c2)s1. The molecule has 2 rings (SSSR count). The fraction of sp³-hybridized carbons (Fsp3) is 0.357. The standard InChI is InChI=1S/C14H18N2S/c1-4-16-11(3)13-5-6-14(17-13)12-7-10(2)8-15-9-12/h5-9,11,16H,4H2,1-3H3. The van der Waals surface area contributed by atoms with Crippen LogP contribution in [0.5, 0.6) is 0 Å². The van der Waals surface area contributed by atoms with Crippen molar-refractivity contribution in [2.45, 2.75) is 26.8 Å². The van der Waals surface area contributed by atoms with Crippen LogP contribution >= 0.6 is 11.3 Å². The van der Waals surface area contributed by atoms with Crippen molar-refractivity contribution in [3.05, 3.63) is 41.0 Å². The highest BCUT2D eigenvalue weighted by Crippen LogP contribution is 2.31. The average Bonchev–Trinajstić information content (AvgIpc) is 2.78. The zero-order chi connectivity index (χ0) is 12.3. The number of hydrogen-bond donors (Lipinski definition) is 1. The molecule has 0 aliphatic carbocycles. The van der Waals surface area contributed by atoms with Crippen molar-refractivity contribution in [2.24, 2.45) is 0 Å². The van der Waals surface area contributed by atoms with Crippen LogP contribution in [0.2, 0.25) is 0 Å². The van der Waals surface area contributed by atoms with E-state index in [1.54, 1.807) is 0 Å². The molecule has 0 spiro atoms. The topological polar surface area (TPSA) is 24.9 Å². The third kappa shape index (κ3) is 2.93. The molecule has 2 nitrogen and oxygen atoms in total. The molecule has 1 N–H and O–H groups in total. The molecule has 3 heteroatoms. The molecule has 2 aromatic rings. The highest BCUT2D eigenvalue weighted by atomic mass is 32.1. The van der Waals surface area contributed by atoms with Gasteiger partial charge in [-0.05, 0) is 44.2 Å². The highest BCUT2D eigenvalue weighted by Gasteiger charge is 2.08. The van der Waals surface area contributed by atoms with Crippen LogP contribution in [-0.4, -0.2) is 11.5 Å². The van der Waals surface area contributed by atoms with E-state index in [-0.39, 0.29) is 0 Å². The molecular formula is C14H18N2S. The van der Waals surface area contributed by atoms with Crippen molar-refractivity contribution in [2.75, 3.05) is 6.54 Å². The van der Waals surface area contributed by atoms with Gasteiger partial charge in [-0.15, -0.1) is 11.3 Å². The third-order valence-corrected chi connectivity index (χ3v) is 4.04. The Balaban J connectivity index is 2.23. The lowest BCUT2D eigenvalue weighted by Gasteiger charge is -2.08. The van der Waals surface area contributed by atoms with Gasteiger partial charge in [0, 0.05) is 33.8 Å². The summed E-state index contributed by atoms with van der Waals surface area (Å²) in [5, 5.41) is 3.43. The Hall–Kier alpha value is -1.19. The molecule has 17 heavy (non-hydrogen) atoms. The van der Waals surface area contributed by atoms with Crippen molar-refractivity contribution >= 4 is 11.3 Å². The van der Waals surface area contributed by atoms with Gasteiger partial charge in [0.05, 0.1) is 0 Å². The quantitative estimate of drug-likeness (QED) is 0.888. The Labute approximate surface area is 107 Å². The summed E-state index contributed by atoms with van der Waals surface area (Å²) < 4.78 is 0. The van der Waals surface area contributed by atoms with Gasteiger partial charge in [0.25, 0.3) is 0 Å². The van der Waals surface area contributed by atoms with Crippen LogP contribution in [-0.2, 0) is 0 Å². The van der Waals surface area contributed by atoms with Gasteiger partial charge in [0.15, 0.2) is 0 Å². The summed E-state index contributed by atoms with van der Waals surface area (Å²) in [7, 11) is 0. The summed E-state index contributed by atoms with van der Waals surface area (Å²) in [4.78, 5) is 6.91. The Morgan fingerprint density at radius 3 is 2.88 bits per heavy atom. The number of rotatable bonds is 4. The Kier molecular flexibility index (Phi) is 3.92. The first-order valence-corrected chi connectivity index (χ1v) is 6.77. The molecule has 0 radical (unpaired) electrons. The van der Waals surface area contributed by atoms with E-state index < -0.39 is 0 Å². The summed E-state index contributed by atoms with van der Waals surface area (Å²) in [6.07, 6.45) is 3.82. The van der Waals surface area contributed by atoms with Crippen LogP contribution in [0.4, 0.5) is 0 Å². The largest absolute Gasteiger partial charge is 0.310 e. The minimum Gasteiger partial charge on any atom is -0.310 e. The van der Waals surface area contributed by atoms with Gasteiger partial charge in [0.1, 0.15) is 0 Å². The molecule has 90 valence electrons. The number of nitrogens with one attached hydrogen (secondary N) is 1. The Morgan fingerprint density at radius 1 is 1.35 bits per heavy atom. The van der Waals surface area contributed by atoms with Crippen molar-refractivity contribution < 1.29 is 0 Å². The number of aromatic nitrogens is 1. The fourth-order valence-electron chi connectivity index (χ4n) is 1.84. The molecule has 1 atom stereocenters. The van der Waals surface area contributed by atoms with Crippen LogP contribution in [0.25, 0.3) is 10.4 Å². The summed E-state index contributed by atoms with van der Waals surface area (Å²) in [6.45, 7) is 7.41. The van der Waals surface area contributed by atoms with Gasteiger partial charge in [0.2, 0.25) is 0 Å². The smallest absolute Gasteiger partial charge is 0.0386 e. The normalized spacial score (nSPS) is 12.6.